The smallest absolute Gasteiger partial charge is 0.164 e. The van der Waals surface area contributed by atoms with E-state index in [2.05, 4.69) is 18.8 Å². The average Bonchev–Trinajstić information content (AvgIpc) is 2.51. The van der Waals surface area contributed by atoms with Crippen LogP contribution in [0.3, 0.4) is 0 Å². The van der Waals surface area contributed by atoms with Gasteiger partial charge in [0.25, 0.3) is 0 Å². The molecule has 1 aliphatic rings. The van der Waals surface area contributed by atoms with Crippen LogP contribution in [0.25, 0.3) is 0 Å². The van der Waals surface area contributed by atoms with Crippen molar-refractivity contribution in [2.24, 2.45) is 0 Å². The number of hydrogen-bond donors (Lipinski definition) is 0. The van der Waals surface area contributed by atoms with Gasteiger partial charge in [-0.1, -0.05) is 20.3 Å². The Morgan fingerprint density at radius 1 is 1.62 bits per heavy atom. The van der Waals surface area contributed by atoms with E-state index < -0.39 is 0 Å². The quantitative estimate of drug-likeness (QED) is 0.760. The fourth-order valence-corrected chi connectivity index (χ4v) is 2.55. The molecule has 0 amide bonds. The molecule has 0 N–H and O–H groups in total. The van der Waals surface area contributed by atoms with Crippen molar-refractivity contribution >= 4 is 5.78 Å². The van der Waals surface area contributed by atoms with Crippen LogP contribution in [-0.4, -0.2) is 10.8 Å². The van der Waals surface area contributed by atoms with Gasteiger partial charge in [-0.3, -0.25) is 4.79 Å². The average molecular weight is 214 g/mol. The number of fused-ring (bicyclic) bond motifs is 1. The molecular weight excluding hydrogens is 200 g/mol. The van der Waals surface area contributed by atoms with E-state index in [1.165, 1.54) is 0 Å². The lowest BCUT2D eigenvalue weighted by Crippen LogP contribution is -2.18. The van der Waals surface area contributed by atoms with E-state index in [1.807, 2.05) is 6.07 Å². The molecule has 0 aromatic carbocycles. The predicted molar refractivity (Wildman–Crippen MR) is 60.2 cm³/mol. The normalized spacial score (nSPS) is 22.9. The molecule has 1 unspecified atom stereocenters. The summed E-state index contributed by atoms with van der Waals surface area (Å²) in [6.45, 7) is 4.22. The highest BCUT2D eigenvalue weighted by atomic mass is 16.1. The van der Waals surface area contributed by atoms with E-state index in [0.29, 0.717) is 17.7 Å². The number of Topliss-reactive ketones (excluding diaryl/α,β-unsaturated/α-hetero) is 1. The second-order valence-electron chi connectivity index (χ2n) is 4.64. The predicted octanol–water partition coefficient (Wildman–Crippen LogP) is 2.60. The summed E-state index contributed by atoms with van der Waals surface area (Å²) in [4.78, 5) is 16.0. The SMILES string of the molecule is CCCC1(C)CC(=O)c2cc(C#N)ncc21. The highest BCUT2D eigenvalue weighted by Crippen LogP contribution is 2.41. The van der Waals surface area contributed by atoms with Gasteiger partial charge in [0, 0.05) is 23.6 Å². The minimum absolute atomic E-state index is 0.0812. The molecule has 2 rings (SSSR count). The topological polar surface area (TPSA) is 53.8 Å². The first kappa shape index (κ1) is 10.8. The lowest BCUT2D eigenvalue weighted by atomic mass is 9.81. The molecule has 1 aliphatic carbocycles. The molecule has 1 atom stereocenters. The van der Waals surface area contributed by atoms with Crippen LogP contribution >= 0.6 is 0 Å². The van der Waals surface area contributed by atoms with E-state index in [0.717, 1.165) is 18.4 Å². The van der Waals surface area contributed by atoms with Gasteiger partial charge in [0.1, 0.15) is 11.8 Å². The van der Waals surface area contributed by atoms with Gasteiger partial charge >= 0.3 is 0 Å². The summed E-state index contributed by atoms with van der Waals surface area (Å²) in [5.41, 5.74) is 1.95. The zero-order valence-electron chi connectivity index (χ0n) is 9.58. The Labute approximate surface area is 95.1 Å². The molecule has 82 valence electrons. The van der Waals surface area contributed by atoms with E-state index in [-0.39, 0.29) is 11.2 Å². The van der Waals surface area contributed by atoms with Crippen LogP contribution in [0.15, 0.2) is 12.3 Å². The van der Waals surface area contributed by atoms with E-state index in [1.54, 1.807) is 12.3 Å². The summed E-state index contributed by atoms with van der Waals surface area (Å²) in [6.07, 6.45) is 4.28. The molecule has 0 aliphatic heterocycles. The lowest BCUT2D eigenvalue weighted by molar-refractivity contribution is 0.0974. The second kappa shape index (κ2) is 3.71. The van der Waals surface area contributed by atoms with Gasteiger partial charge in [0.2, 0.25) is 0 Å². The van der Waals surface area contributed by atoms with Crippen molar-refractivity contribution in [2.45, 2.75) is 38.5 Å². The number of ketones is 1. The third-order valence-corrected chi connectivity index (χ3v) is 3.32. The minimum atomic E-state index is -0.0812. The zero-order valence-corrected chi connectivity index (χ0v) is 9.58. The Hall–Kier alpha value is -1.69. The third kappa shape index (κ3) is 1.51. The Kier molecular flexibility index (Phi) is 2.51. The molecule has 0 saturated heterocycles. The van der Waals surface area contributed by atoms with Crippen molar-refractivity contribution in [3.8, 4) is 6.07 Å². The summed E-state index contributed by atoms with van der Waals surface area (Å²) in [7, 11) is 0. The van der Waals surface area contributed by atoms with Gasteiger partial charge in [-0.25, -0.2) is 4.98 Å². The van der Waals surface area contributed by atoms with Crippen LogP contribution in [0, 0.1) is 11.3 Å². The van der Waals surface area contributed by atoms with Crippen LogP contribution in [0.1, 0.15) is 54.7 Å². The zero-order chi connectivity index (χ0) is 11.8. The van der Waals surface area contributed by atoms with Crippen molar-refractivity contribution in [3.63, 3.8) is 0 Å². The van der Waals surface area contributed by atoms with E-state index in [4.69, 9.17) is 5.26 Å². The molecule has 1 heterocycles. The highest BCUT2D eigenvalue weighted by Gasteiger charge is 2.39. The maximum absolute atomic E-state index is 11.9. The van der Waals surface area contributed by atoms with Crippen LogP contribution in [-0.2, 0) is 5.41 Å². The molecule has 0 fully saturated rings. The molecule has 0 radical (unpaired) electrons. The van der Waals surface area contributed by atoms with Gasteiger partial charge in [0.15, 0.2) is 5.78 Å². The first-order valence-electron chi connectivity index (χ1n) is 5.54. The lowest BCUT2D eigenvalue weighted by Gasteiger charge is -2.23. The highest BCUT2D eigenvalue weighted by molar-refractivity contribution is 6.02. The van der Waals surface area contributed by atoms with Crippen LogP contribution in [0.5, 0.6) is 0 Å². The van der Waals surface area contributed by atoms with Gasteiger partial charge < -0.3 is 0 Å². The molecule has 1 aromatic heterocycles. The standard InChI is InChI=1S/C13H14N2O/c1-3-4-13(2)6-12(16)10-5-9(7-14)15-8-11(10)13/h5,8H,3-4,6H2,1-2H3. The Morgan fingerprint density at radius 3 is 3.00 bits per heavy atom. The summed E-state index contributed by atoms with van der Waals surface area (Å²) < 4.78 is 0. The number of carbonyl (C=O) groups is 1. The summed E-state index contributed by atoms with van der Waals surface area (Å²) in [5.74, 6) is 0.143. The largest absolute Gasteiger partial charge is 0.294 e. The fourth-order valence-electron chi connectivity index (χ4n) is 2.55. The fraction of sp³-hybridized carbons (Fsp3) is 0.462. The third-order valence-electron chi connectivity index (χ3n) is 3.32. The van der Waals surface area contributed by atoms with Gasteiger partial charge in [0.05, 0.1) is 0 Å². The number of rotatable bonds is 2. The Bertz CT molecular complexity index is 487. The van der Waals surface area contributed by atoms with Crippen LogP contribution in [0.2, 0.25) is 0 Å². The Morgan fingerprint density at radius 2 is 2.38 bits per heavy atom. The van der Waals surface area contributed by atoms with Crippen molar-refractivity contribution < 1.29 is 4.79 Å². The molecule has 0 bridgehead atoms. The van der Waals surface area contributed by atoms with E-state index in [9.17, 15) is 4.79 Å². The second-order valence-corrected chi connectivity index (χ2v) is 4.64. The molecule has 16 heavy (non-hydrogen) atoms. The number of hydrogen-bond acceptors (Lipinski definition) is 3. The Balaban J connectivity index is 2.52. The van der Waals surface area contributed by atoms with Crippen LogP contribution in [0.4, 0.5) is 0 Å². The molecule has 3 nitrogen and oxygen atoms in total. The van der Waals surface area contributed by atoms with Gasteiger partial charge in [-0.15, -0.1) is 0 Å². The summed E-state index contributed by atoms with van der Waals surface area (Å²) in [5, 5.41) is 8.76. The molecule has 0 saturated carbocycles. The summed E-state index contributed by atoms with van der Waals surface area (Å²) >= 11 is 0. The van der Waals surface area contributed by atoms with E-state index >= 15 is 0 Å². The first-order valence-corrected chi connectivity index (χ1v) is 5.54. The molecular formula is C13H14N2O. The van der Waals surface area contributed by atoms with Gasteiger partial charge in [-0.2, -0.15) is 5.26 Å². The first-order chi connectivity index (χ1) is 7.60. The number of carbonyl (C=O) groups excluding carboxylic acids is 1. The molecule has 0 spiro atoms. The number of aromatic nitrogens is 1. The number of nitriles is 1. The minimum Gasteiger partial charge on any atom is -0.294 e. The summed E-state index contributed by atoms with van der Waals surface area (Å²) in [6, 6.07) is 3.60. The van der Waals surface area contributed by atoms with Crippen molar-refractivity contribution in [1.29, 1.82) is 5.26 Å². The number of pyridine rings is 1. The van der Waals surface area contributed by atoms with Crippen molar-refractivity contribution in [3.05, 3.63) is 29.1 Å². The van der Waals surface area contributed by atoms with Crippen molar-refractivity contribution in [2.75, 3.05) is 0 Å². The van der Waals surface area contributed by atoms with Gasteiger partial charge in [-0.05, 0) is 18.1 Å². The maximum atomic E-state index is 11.9. The molecule has 1 aromatic rings. The molecule has 3 heteroatoms. The monoisotopic (exact) mass is 214 g/mol. The number of nitrogens with zero attached hydrogens (tertiary/aromatic N) is 2. The van der Waals surface area contributed by atoms with Crippen molar-refractivity contribution in [1.82, 2.24) is 4.98 Å². The maximum Gasteiger partial charge on any atom is 0.164 e. The van der Waals surface area contributed by atoms with Crippen LogP contribution < -0.4 is 0 Å².